The minimum atomic E-state index is 1.18. The summed E-state index contributed by atoms with van der Waals surface area (Å²) < 4.78 is 2.15. The predicted molar refractivity (Wildman–Crippen MR) is 86.6 cm³/mol. The predicted octanol–water partition coefficient (Wildman–Crippen LogP) is 5.83. The third-order valence-corrected chi connectivity index (χ3v) is 4.38. The van der Waals surface area contributed by atoms with Crippen LogP contribution in [0.1, 0.15) is 44.6 Å². The van der Waals surface area contributed by atoms with Crippen LogP contribution in [0.25, 0.3) is 16.8 Å². The molecule has 2 heterocycles. The van der Waals surface area contributed by atoms with Crippen molar-refractivity contribution >= 4 is 17.5 Å². The molecular formula is C17H23NS. The third kappa shape index (κ3) is 3.60. The fraction of sp³-hybridized carbons (Fsp3) is 0.412. The molecule has 102 valence electrons. The zero-order valence-corrected chi connectivity index (χ0v) is 12.6. The number of rotatable bonds is 8. The molecule has 0 aliphatic rings. The Hall–Kier alpha value is -1.28. The van der Waals surface area contributed by atoms with Gasteiger partial charge in [0, 0.05) is 12.4 Å². The van der Waals surface area contributed by atoms with Gasteiger partial charge in [-0.2, -0.15) is 0 Å². The molecule has 0 fully saturated rings. The van der Waals surface area contributed by atoms with Gasteiger partial charge in [-0.25, -0.2) is 0 Å². The van der Waals surface area contributed by atoms with E-state index < -0.39 is 0 Å². The van der Waals surface area contributed by atoms with Crippen LogP contribution in [0.4, 0.5) is 0 Å². The monoisotopic (exact) mass is 273 g/mol. The van der Waals surface area contributed by atoms with Crippen molar-refractivity contribution in [2.45, 2.75) is 45.4 Å². The molecule has 0 radical (unpaired) electrons. The first-order chi connectivity index (χ1) is 9.36. The van der Waals surface area contributed by atoms with Gasteiger partial charge in [-0.05, 0) is 35.9 Å². The summed E-state index contributed by atoms with van der Waals surface area (Å²) in [4.78, 5) is 1.34. The van der Waals surface area contributed by atoms with E-state index in [0.717, 1.165) is 0 Å². The largest absolute Gasteiger partial charge is 0.323 e. The summed E-state index contributed by atoms with van der Waals surface area (Å²) in [6.07, 6.45) is 11.9. The highest BCUT2D eigenvalue weighted by Gasteiger charge is 2.10. The van der Waals surface area contributed by atoms with Gasteiger partial charge in [0.15, 0.2) is 0 Å². The van der Waals surface area contributed by atoms with Gasteiger partial charge in [0.05, 0.1) is 10.6 Å². The van der Waals surface area contributed by atoms with Crippen molar-refractivity contribution in [2.75, 3.05) is 0 Å². The van der Waals surface area contributed by atoms with Crippen molar-refractivity contribution in [3.8, 4) is 10.6 Å². The van der Waals surface area contributed by atoms with Crippen molar-refractivity contribution < 1.29 is 0 Å². The van der Waals surface area contributed by atoms with Crippen LogP contribution in [0.2, 0.25) is 0 Å². The van der Waals surface area contributed by atoms with Crippen LogP contribution in [0.3, 0.4) is 0 Å². The van der Waals surface area contributed by atoms with Crippen LogP contribution in [-0.4, -0.2) is 4.57 Å². The molecule has 0 N–H and O–H groups in total. The van der Waals surface area contributed by atoms with Gasteiger partial charge in [0.1, 0.15) is 0 Å². The number of hydrogen-bond donors (Lipinski definition) is 0. The van der Waals surface area contributed by atoms with Crippen LogP contribution in [0, 0.1) is 0 Å². The van der Waals surface area contributed by atoms with Gasteiger partial charge in [-0.3, -0.25) is 0 Å². The zero-order chi connectivity index (χ0) is 13.5. The minimum Gasteiger partial charge on any atom is -0.323 e. The number of aromatic nitrogens is 1. The average Bonchev–Trinajstić information content (AvgIpc) is 3.06. The fourth-order valence-corrected chi connectivity index (χ4v) is 3.27. The molecule has 0 aliphatic heterocycles. The number of nitrogens with zero attached hydrogens (tertiary/aromatic N) is 1. The lowest BCUT2D eigenvalue weighted by molar-refractivity contribution is 0.632. The lowest BCUT2D eigenvalue weighted by Crippen LogP contribution is -1.91. The summed E-state index contributed by atoms with van der Waals surface area (Å²) in [6, 6.07) is 6.56. The van der Waals surface area contributed by atoms with E-state index >= 15 is 0 Å². The number of aryl methyl sites for hydroxylation is 1. The normalized spacial score (nSPS) is 10.8. The number of thiophene rings is 1. The van der Waals surface area contributed by atoms with Crippen LogP contribution in [0.5, 0.6) is 0 Å². The van der Waals surface area contributed by atoms with Crippen LogP contribution < -0.4 is 0 Å². The van der Waals surface area contributed by atoms with Crippen LogP contribution >= 0.6 is 11.3 Å². The van der Waals surface area contributed by atoms with Gasteiger partial charge in [0.25, 0.3) is 0 Å². The molecule has 0 bridgehead atoms. The Balaban J connectivity index is 2.04. The topological polar surface area (TPSA) is 4.93 Å². The van der Waals surface area contributed by atoms with E-state index in [-0.39, 0.29) is 0 Å². The molecule has 0 spiro atoms. The number of unbranched alkanes of at least 4 members (excludes halogenated alkanes) is 4. The first-order valence-electron chi connectivity index (χ1n) is 7.23. The van der Waals surface area contributed by atoms with E-state index in [0.29, 0.717) is 0 Å². The lowest BCUT2D eigenvalue weighted by atomic mass is 10.1. The maximum atomic E-state index is 3.90. The maximum Gasteiger partial charge on any atom is 0.0654 e. The first kappa shape index (κ1) is 14.1. The zero-order valence-electron chi connectivity index (χ0n) is 11.8. The molecule has 2 aromatic rings. The van der Waals surface area contributed by atoms with Crippen LogP contribution in [0.15, 0.2) is 36.4 Å². The fourth-order valence-electron chi connectivity index (χ4n) is 2.46. The third-order valence-electron chi connectivity index (χ3n) is 3.50. The molecule has 0 aromatic carbocycles. The summed E-state index contributed by atoms with van der Waals surface area (Å²) in [6.45, 7) is 6.17. The standard InChI is InChI=1S/C17H23NS/c1-3-5-6-7-8-10-15-12-13-18(4-2)17(15)16-11-9-14-19-16/h4,9,11-14H,2-3,5-8,10H2,1H3. The molecule has 0 atom stereocenters. The van der Waals surface area contributed by atoms with Gasteiger partial charge < -0.3 is 4.57 Å². The summed E-state index contributed by atoms with van der Waals surface area (Å²) >= 11 is 1.80. The average molecular weight is 273 g/mol. The van der Waals surface area contributed by atoms with Gasteiger partial charge in [-0.1, -0.05) is 45.3 Å². The number of hydrogen-bond acceptors (Lipinski definition) is 1. The molecule has 2 rings (SSSR count). The minimum absolute atomic E-state index is 1.18. The summed E-state index contributed by atoms with van der Waals surface area (Å²) in [5.41, 5.74) is 2.79. The molecule has 0 saturated heterocycles. The van der Waals surface area contributed by atoms with E-state index in [1.807, 2.05) is 6.20 Å². The van der Waals surface area contributed by atoms with E-state index in [9.17, 15) is 0 Å². The molecule has 1 nitrogen and oxygen atoms in total. The Morgan fingerprint density at radius 1 is 1.21 bits per heavy atom. The summed E-state index contributed by atoms with van der Waals surface area (Å²) in [5, 5.41) is 2.14. The highest BCUT2D eigenvalue weighted by atomic mass is 32.1. The van der Waals surface area contributed by atoms with Gasteiger partial charge >= 0.3 is 0 Å². The van der Waals surface area contributed by atoms with E-state index in [1.165, 1.54) is 54.7 Å². The van der Waals surface area contributed by atoms with Gasteiger partial charge in [-0.15, -0.1) is 11.3 Å². The molecule has 0 amide bonds. The maximum absolute atomic E-state index is 3.90. The van der Waals surface area contributed by atoms with Crippen LogP contribution in [-0.2, 0) is 6.42 Å². The van der Waals surface area contributed by atoms with Crippen molar-refractivity contribution in [2.24, 2.45) is 0 Å². The second-order valence-corrected chi connectivity index (χ2v) is 5.87. The Bertz CT molecular complexity index is 493. The molecule has 2 aromatic heterocycles. The SMILES string of the molecule is C=Cn1ccc(CCCCCCC)c1-c1cccs1. The van der Waals surface area contributed by atoms with Crippen molar-refractivity contribution in [1.82, 2.24) is 4.57 Å². The summed E-state index contributed by atoms with van der Waals surface area (Å²) in [7, 11) is 0. The molecule has 19 heavy (non-hydrogen) atoms. The molecule has 0 unspecified atom stereocenters. The van der Waals surface area contributed by atoms with Gasteiger partial charge in [0.2, 0.25) is 0 Å². The first-order valence-corrected chi connectivity index (χ1v) is 8.11. The molecular weight excluding hydrogens is 250 g/mol. The Morgan fingerprint density at radius 3 is 2.74 bits per heavy atom. The van der Waals surface area contributed by atoms with E-state index in [2.05, 4.69) is 47.8 Å². The Kier molecular flexibility index (Phi) is 5.46. The lowest BCUT2D eigenvalue weighted by Gasteiger charge is -2.06. The van der Waals surface area contributed by atoms with E-state index in [1.54, 1.807) is 11.3 Å². The Labute approximate surface area is 120 Å². The van der Waals surface area contributed by atoms with Crippen molar-refractivity contribution in [3.05, 3.63) is 41.9 Å². The molecule has 0 aliphatic carbocycles. The van der Waals surface area contributed by atoms with Crippen molar-refractivity contribution in [1.29, 1.82) is 0 Å². The van der Waals surface area contributed by atoms with Crippen molar-refractivity contribution in [3.63, 3.8) is 0 Å². The van der Waals surface area contributed by atoms with E-state index in [4.69, 9.17) is 0 Å². The quantitative estimate of drug-likeness (QED) is 0.533. The highest BCUT2D eigenvalue weighted by molar-refractivity contribution is 7.13. The summed E-state index contributed by atoms with van der Waals surface area (Å²) in [5.74, 6) is 0. The second kappa shape index (κ2) is 7.34. The second-order valence-electron chi connectivity index (χ2n) is 4.92. The Morgan fingerprint density at radius 2 is 2.05 bits per heavy atom. The highest BCUT2D eigenvalue weighted by Crippen LogP contribution is 2.30. The molecule has 0 saturated carbocycles. The molecule has 2 heteroatoms. The smallest absolute Gasteiger partial charge is 0.0654 e.